The van der Waals surface area contributed by atoms with Crippen molar-refractivity contribution in [3.63, 3.8) is 0 Å². The number of rotatable bonds is 2. The third kappa shape index (κ3) is 2.94. The Balaban J connectivity index is 1.56. The van der Waals surface area contributed by atoms with Gasteiger partial charge in [0.2, 0.25) is 11.8 Å². The van der Waals surface area contributed by atoms with E-state index in [0.29, 0.717) is 25.9 Å². The summed E-state index contributed by atoms with van der Waals surface area (Å²) in [7, 11) is 0. The van der Waals surface area contributed by atoms with Gasteiger partial charge in [-0.2, -0.15) is 0 Å². The normalized spacial score (nSPS) is 22.3. The highest BCUT2D eigenvalue weighted by Gasteiger charge is 2.32. The number of piperazine rings is 1. The maximum Gasteiger partial charge on any atom is 0.245 e. The molecule has 1 atom stereocenters. The van der Waals surface area contributed by atoms with Gasteiger partial charge in [-0.25, -0.2) is 0 Å². The molecule has 0 aliphatic carbocycles. The number of carbonyl (C=O) groups is 2. The molecule has 112 valence electrons. The van der Waals surface area contributed by atoms with Crippen molar-refractivity contribution in [2.75, 3.05) is 31.1 Å². The van der Waals surface area contributed by atoms with E-state index >= 15 is 0 Å². The number of phenols is 1. The van der Waals surface area contributed by atoms with Crippen molar-refractivity contribution in [3.8, 4) is 5.75 Å². The standard InChI is InChI=1S/C15H19N3O3/c19-12-3-1-11(2-4-12)17-7-9-18(10-8-17)15(21)13-5-6-14(20)16-13/h1-4,13,19H,5-10H2,(H,16,20). The van der Waals surface area contributed by atoms with Crippen molar-refractivity contribution in [1.82, 2.24) is 10.2 Å². The van der Waals surface area contributed by atoms with Crippen LogP contribution in [-0.4, -0.2) is 54.0 Å². The number of nitrogens with one attached hydrogen (secondary N) is 1. The minimum absolute atomic E-state index is 0.0314. The van der Waals surface area contributed by atoms with Crippen LogP contribution in [0.15, 0.2) is 24.3 Å². The Morgan fingerprint density at radius 2 is 1.81 bits per heavy atom. The molecule has 0 bridgehead atoms. The van der Waals surface area contributed by atoms with E-state index in [1.54, 1.807) is 12.1 Å². The average Bonchev–Trinajstić information content (AvgIpc) is 2.94. The van der Waals surface area contributed by atoms with Gasteiger partial charge in [0, 0.05) is 38.3 Å². The van der Waals surface area contributed by atoms with E-state index in [4.69, 9.17) is 0 Å². The molecular formula is C15H19N3O3. The monoisotopic (exact) mass is 289 g/mol. The Morgan fingerprint density at radius 1 is 1.14 bits per heavy atom. The molecule has 21 heavy (non-hydrogen) atoms. The molecule has 2 aliphatic heterocycles. The second-order valence-corrected chi connectivity index (χ2v) is 5.49. The van der Waals surface area contributed by atoms with E-state index in [9.17, 15) is 14.7 Å². The SMILES string of the molecule is O=C1CCC(C(=O)N2CCN(c3ccc(O)cc3)CC2)N1. The average molecular weight is 289 g/mol. The summed E-state index contributed by atoms with van der Waals surface area (Å²) in [4.78, 5) is 27.5. The van der Waals surface area contributed by atoms with Crippen LogP contribution in [-0.2, 0) is 9.59 Å². The molecular weight excluding hydrogens is 270 g/mol. The van der Waals surface area contributed by atoms with Crippen LogP contribution in [0.4, 0.5) is 5.69 Å². The largest absolute Gasteiger partial charge is 0.508 e. The summed E-state index contributed by atoms with van der Waals surface area (Å²) in [5.41, 5.74) is 1.05. The minimum atomic E-state index is -0.335. The number of hydrogen-bond donors (Lipinski definition) is 2. The van der Waals surface area contributed by atoms with Gasteiger partial charge in [0.05, 0.1) is 0 Å². The van der Waals surface area contributed by atoms with Gasteiger partial charge in [-0.1, -0.05) is 0 Å². The Labute approximate surface area is 123 Å². The maximum absolute atomic E-state index is 12.3. The second kappa shape index (κ2) is 5.63. The summed E-state index contributed by atoms with van der Waals surface area (Å²) in [6.45, 7) is 2.84. The van der Waals surface area contributed by atoms with Gasteiger partial charge in [0.15, 0.2) is 0 Å². The number of nitrogens with zero attached hydrogens (tertiary/aromatic N) is 2. The van der Waals surface area contributed by atoms with E-state index in [2.05, 4.69) is 10.2 Å². The first kappa shape index (κ1) is 13.7. The third-order valence-electron chi connectivity index (χ3n) is 4.10. The number of amides is 2. The molecule has 2 aliphatic rings. The molecule has 0 radical (unpaired) electrons. The summed E-state index contributed by atoms with van der Waals surface area (Å²) in [6.07, 6.45) is 1.06. The summed E-state index contributed by atoms with van der Waals surface area (Å²) in [5, 5.41) is 12.0. The zero-order valence-electron chi connectivity index (χ0n) is 11.8. The van der Waals surface area contributed by atoms with Crippen molar-refractivity contribution in [3.05, 3.63) is 24.3 Å². The van der Waals surface area contributed by atoms with Gasteiger partial charge in [-0.15, -0.1) is 0 Å². The van der Waals surface area contributed by atoms with Crippen LogP contribution < -0.4 is 10.2 Å². The highest BCUT2D eigenvalue weighted by molar-refractivity contribution is 5.90. The van der Waals surface area contributed by atoms with Gasteiger partial charge in [-0.3, -0.25) is 9.59 Å². The number of aromatic hydroxyl groups is 1. The van der Waals surface area contributed by atoms with Crippen LogP contribution in [0.3, 0.4) is 0 Å². The summed E-state index contributed by atoms with van der Waals surface area (Å²) in [6, 6.07) is 6.76. The van der Waals surface area contributed by atoms with Crippen molar-refractivity contribution in [1.29, 1.82) is 0 Å². The Kier molecular flexibility index (Phi) is 3.68. The van der Waals surface area contributed by atoms with Crippen LogP contribution in [0.25, 0.3) is 0 Å². The topological polar surface area (TPSA) is 72.9 Å². The number of carbonyl (C=O) groups excluding carboxylic acids is 2. The van der Waals surface area contributed by atoms with E-state index < -0.39 is 0 Å². The molecule has 2 N–H and O–H groups in total. The Bertz CT molecular complexity index is 536. The van der Waals surface area contributed by atoms with Crippen molar-refractivity contribution in [2.45, 2.75) is 18.9 Å². The molecule has 1 unspecified atom stereocenters. The maximum atomic E-state index is 12.3. The highest BCUT2D eigenvalue weighted by atomic mass is 16.3. The van der Waals surface area contributed by atoms with Gasteiger partial charge in [0.25, 0.3) is 0 Å². The summed E-state index contributed by atoms with van der Waals surface area (Å²) >= 11 is 0. The fraction of sp³-hybridized carbons (Fsp3) is 0.467. The molecule has 0 spiro atoms. The zero-order valence-corrected chi connectivity index (χ0v) is 11.8. The summed E-state index contributed by atoms with van der Waals surface area (Å²) in [5.74, 6) is 0.256. The predicted octanol–water partition coefficient (Wildman–Crippen LogP) is 0.319. The Morgan fingerprint density at radius 3 is 2.38 bits per heavy atom. The summed E-state index contributed by atoms with van der Waals surface area (Å²) < 4.78 is 0. The quantitative estimate of drug-likeness (QED) is 0.822. The van der Waals surface area contributed by atoms with Crippen molar-refractivity contribution in [2.24, 2.45) is 0 Å². The lowest BCUT2D eigenvalue weighted by molar-refractivity contribution is -0.134. The lowest BCUT2D eigenvalue weighted by Gasteiger charge is -2.37. The second-order valence-electron chi connectivity index (χ2n) is 5.49. The molecule has 0 saturated carbocycles. The fourth-order valence-electron chi connectivity index (χ4n) is 2.87. The molecule has 3 rings (SSSR count). The van der Waals surface area contributed by atoms with Gasteiger partial charge < -0.3 is 20.2 Å². The first-order chi connectivity index (χ1) is 10.1. The van der Waals surface area contributed by atoms with Crippen LogP contribution in [0.1, 0.15) is 12.8 Å². The molecule has 2 fully saturated rings. The van der Waals surface area contributed by atoms with Crippen molar-refractivity contribution >= 4 is 17.5 Å². The first-order valence-corrected chi connectivity index (χ1v) is 7.25. The number of benzene rings is 1. The molecule has 6 heteroatoms. The molecule has 1 aromatic rings. The van der Waals surface area contributed by atoms with Crippen LogP contribution in [0.5, 0.6) is 5.75 Å². The van der Waals surface area contributed by atoms with Crippen LogP contribution in [0.2, 0.25) is 0 Å². The highest BCUT2D eigenvalue weighted by Crippen LogP contribution is 2.20. The Hall–Kier alpha value is -2.24. The molecule has 2 saturated heterocycles. The van der Waals surface area contributed by atoms with Crippen LogP contribution in [0, 0.1) is 0 Å². The molecule has 2 heterocycles. The van der Waals surface area contributed by atoms with E-state index in [1.165, 1.54) is 0 Å². The fourth-order valence-corrected chi connectivity index (χ4v) is 2.87. The number of hydrogen-bond acceptors (Lipinski definition) is 4. The van der Waals surface area contributed by atoms with E-state index in [-0.39, 0.29) is 23.6 Å². The smallest absolute Gasteiger partial charge is 0.245 e. The zero-order chi connectivity index (χ0) is 14.8. The predicted molar refractivity (Wildman–Crippen MR) is 78.1 cm³/mol. The number of phenolic OH excluding ortho intramolecular Hbond substituents is 1. The van der Waals surface area contributed by atoms with Gasteiger partial charge in [0.1, 0.15) is 11.8 Å². The molecule has 1 aromatic carbocycles. The van der Waals surface area contributed by atoms with Crippen LogP contribution >= 0.6 is 0 Å². The molecule has 2 amide bonds. The molecule has 6 nitrogen and oxygen atoms in total. The number of anilines is 1. The lowest BCUT2D eigenvalue weighted by atomic mass is 10.1. The first-order valence-electron chi connectivity index (χ1n) is 7.25. The van der Waals surface area contributed by atoms with Crippen molar-refractivity contribution < 1.29 is 14.7 Å². The van der Waals surface area contributed by atoms with E-state index in [0.717, 1.165) is 18.8 Å². The van der Waals surface area contributed by atoms with Gasteiger partial charge >= 0.3 is 0 Å². The lowest BCUT2D eigenvalue weighted by Crippen LogP contribution is -2.53. The molecule has 0 aromatic heterocycles. The van der Waals surface area contributed by atoms with Gasteiger partial charge in [-0.05, 0) is 30.7 Å². The van der Waals surface area contributed by atoms with E-state index in [1.807, 2.05) is 17.0 Å². The minimum Gasteiger partial charge on any atom is -0.508 e. The third-order valence-corrected chi connectivity index (χ3v) is 4.10.